The van der Waals surface area contributed by atoms with Gasteiger partial charge in [0.15, 0.2) is 0 Å². The van der Waals surface area contributed by atoms with Crippen molar-refractivity contribution in [1.82, 2.24) is 14.8 Å². The van der Waals surface area contributed by atoms with E-state index >= 15 is 0 Å². The molecule has 0 radical (unpaired) electrons. The molecule has 3 rings (SSSR count). The van der Waals surface area contributed by atoms with Gasteiger partial charge in [0, 0.05) is 56.2 Å². The molecule has 2 aliphatic heterocycles. The number of nitrogens with zero attached hydrogens (tertiary/aromatic N) is 3. The van der Waals surface area contributed by atoms with E-state index in [0.717, 1.165) is 57.7 Å². The number of likely N-dealkylation sites (tertiary alicyclic amines) is 2. The highest BCUT2D eigenvalue weighted by atomic mass is 16.2. The lowest BCUT2D eigenvalue weighted by Crippen LogP contribution is -2.54. The van der Waals surface area contributed by atoms with Gasteiger partial charge in [0.05, 0.1) is 6.54 Å². The molecule has 0 saturated carbocycles. The zero-order chi connectivity index (χ0) is 17.5. The van der Waals surface area contributed by atoms with E-state index in [1.807, 2.05) is 24.4 Å². The van der Waals surface area contributed by atoms with Crippen LogP contribution in [0.2, 0.25) is 0 Å². The average Bonchev–Trinajstić information content (AvgIpc) is 2.64. The fraction of sp³-hybridized carbons (Fsp3) is 0.619. The number of carbonyl (C=O) groups is 1. The van der Waals surface area contributed by atoms with Crippen molar-refractivity contribution in [3.05, 3.63) is 30.1 Å². The van der Waals surface area contributed by atoms with Gasteiger partial charge >= 0.3 is 0 Å². The Bertz CT molecular complexity index is 634. The summed E-state index contributed by atoms with van der Waals surface area (Å²) < 4.78 is 0. The fourth-order valence-corrected chi connectivity index (χ4v) is 4.17. The molecule has 1 amide bonds. The Balaban J connectivity index is 1.59. The van der Waals surface area contributed by atoms with Crippen LogP contribution in [0.5, 0.6) is 0 Å². The fourth-order valence-electron chi connectivity index (χ4n) is 4.17. The van der Waals surface area contributed by atoms with E-state index in [4.69, 9.17) is 0 Å². The van der Waals surface area contributed by atoms with Crippen molar-refractivity contribution in [3.8, 4) is 11.8 Å². The van der Waals surface area contributed by atoms with Crippen LogP contribution in [0.1, 0.15) is 44.7 Å². The second-order valence-corrected chi connectivity index (χ2v) is 7.41. The Kier molecular flexibility index (Phi) is 6.09. The second kappa shape index (κ2) is 8.49. The quantitative estimate of drug-likeness (QED) is 0.792. The summed E-state index contributed by atoms with van der Waals surface area (Å²) in [6.07, 6.45) is 7.77. The summed E-state index contributed by atoms with van der Waals surface area (Å²) in [4.78, 5) is 21.4. The average molecular weight is 339 g/mol. The normalized spacial score (nSPS) is 24.2. The van der Waals surface area contributed by atoms with Crippen LogP contribution in [-0.4, -0.2) is 53.4 Å². The number of hydrogen-bond donors (Lipinski definition) is 0. The summed E-state index contributed by atoms with van der Waals surface area (Å²) in [7, 11) is 0. The SMILES string of the molecule is CCC#CCN1CCC[C@@]2(CCC(=O)N(CCc3ccccn3)C2)C1. The summed E-state index contributed by atoms with van der Waals surface area (Å²) in [6, 6.07) is 5.99. The molecule has 2 fully saturated rings. The van der Waals surface area contributed by atoms with E-state index < -0.39 is 0 Å². The number of rotatable bonds is 4. The lowest BCUT2D eigenvalue weighted by atomic mass is 9.73. The van der Waals surface area contributed by atoms with Crippen molar-refractivity contribution in [2.75, 3.05) is 32.7 Å². The van der Waals surface area contributed by atoms with Crippen LogP contribution >= 0.6 is 0 Å². The molecule has 1 atom stereocenters. The van der Waals surface area contributed by atoms with Crippen LogP contribution in [0.15, 0.2) is 24.4 Å². The number of amides is 1. The molecule has 0 bridgehead atoms. The molecule has 134 valence electrons. The number of aromatic nitrogens is 1. The molecule has 2 saturated heterocycles. The van der Waals surface area contributed by atoms with Gasteiger partial charge in [-0.25, -0.2) is 0 Å². The maximum absolute atomic E-state index is 12.4. The van der Waals surface area contributed by atoms with Gasteiger partial charge in [-0.15, -0.1) is 5.92 Å². The maximum Gasteiger partial charge on any atom is 0.222 e. The number of hydrogen-bond acceptors (Lipinski definition) is 3. The molecule has 2 aliphatic rings. The summed E-state index contributed by atoms with van der Waals surface area (Å²) in [5.74, 6) is 6.77. The molecular weight excluding hydrogens is 310 g/mol. The number of pyridine rings is 1. The first kappa shape index (κ1) is 17.9. The first-order valence-electron chi connectivity index (χ1n) is 9.56. The van der Waals surface area contributed by atoms with Gasteiger partial charge in [0.25, 0.3) is 0 Å². The summed E-state index contributed by atoms with van der Waals surface area (Å²) in [6.45, 7) is 6.87. The van der Waals surface area contributed by atoms with Crippen molar-refractivity contribution in [2.45, 2.75) is 45.4 Å². The van der Waals surface area contributed by atoms with E-state index in [1.165, 1.54) is 12.8 Å². The van der Waals surface area contributed by atoms with Gasteiger partial charge in [-0.2, -0.15) is 0 Å². The Hall–Kier alpha value is -1.86. The van der Waals surface area contributed by atoms with Crippen LogP contribution in [0.4, 0.5) is 0 Å². The minimum atomic E-state index is 0.268. The Morgan fingerprint density at radius 2 is 2.16 bits per heavy atom. The topological polar surface area (TPSA) is 36.4 Å². The molecule has 0 N–H and O–H groups in total. The van der Waals surface area contributed by atoms with Crippen molar-refractivity contribution in [3.63, 3.8) is 0 Å². The monoisotopic (exact) mass is 339 g/mol. The highest BCUT2D eigenvalue weighted by molar-refractivity contribution is 5.77. The summed E-state index contributed by atoms with van der Waals surface area (Å²) >= 11 is 0. The highest BCUT2D eigenvalue weighted by Crippen LogP contribution is 2.38. The predicted octanol–water partition coefficient (Wildman–Crippen LogP) is 2.74. The molecule has 4 heteroatoms. The molecule has 0 aromatic carbocycles. The van der Waals surface area contributed by atoms with Gasteiger partial charge in [0.1, 0.15) is 0 Å². The van der Waals surface area contributed by atoms with E-state index in [1.54, 1.807) is 0 Å². The van der Waals surface area contributed by atoms with Gasteiger partial charge in [-0.3, -0.25) is 14.7 Å². The minimum absolute atomic E-state index is 0.268. The van der Waals surface area contributed by atoms with Gasteiger partial charge in [0.2, 0.25) is 5.91 Å². The maximum atomic E-state index is 12.4. The van der Waals surface area contributed by atoms with E-state index in [-0.39, 0.29) is 5.41 Å². The van der Waals surface area contributed by atoms with Crippen molar-refractivity contribution >= 4 is 5.91 Å². The second-order valence-electron chi connectivity index (χ2n) is 7.41. The molecule has 3 heterocycles. The largest absolute Gasteiger partial charge is 0.342 e. The van der Waals surface area contributed by atoms with E-state index in [2.05, 4.69) is 33.5 Å². The van der Waals surface area contributed by atoms with Crippen LogP contribution in [0.3, 0.4) is 0 Å². The van der Waals surface area contributed by atoms with Crippen molar-refractivity contribution < 1.29 is 4.79 Å². The molecule has 4 nitrogen and oxygen atoms in total. The molecule has 1 aromatic rings. The number of carbonyl (C=O) groups excluding carboxylic acids is 1. The third kappa shape index (κ3) is 4.83. The highest BCUT2D eigenvalue weighted by Gasteiger charge is 2.41. The van der Waals surface area contributed by atoms with E-state index in [9.17, 15) is 4.79 Å². The molecule has 1 aromatic heterocycles. The van der Waals surface area contributed by atoms with Crippen LogP contribution < -0.4 is 0 Å². The van der Waals surface area contributed by atoms with Gasteiger partial charge < -0.3 is 4.90 Å². The Morgan fingerprint density at radius 3 is 2.96 bits per heavy atom. The van der Waals surface area contributed by atoms with E-state index in [0.29, 0.717) is 12.3 Å². The molecule has 0 unspecified atom stereocenters. The Labute approximate surface area is 151 Å². The number of piperidine rings is 2. The molecule has 1 spiro atoms. The zero-order valence-corrected chi connectivity index (χ0v) is 15.3. The van der Waals surface area contributed by atoms with Gasteiger partial charge in [-0.1, -0.05) is 18.9 Å². The van der Waals surface area contributed by atoms with Crippen LogP contribution in [0.25, 0.3) is 0 Å². The summed E-state index contributed by atoms with van der Waals surface area (Å²) in [5, 5.41) is 0. The Morgan fingerprint density at radius 1 is 1.24 bits per heavy atom. The molecule has 25 heavy (non-hydrogen) atoms. The minimum Gasteiger partial charge on any atom is -0.342 e. The summed E-state index contributed by atoms with van der Waals surface area (Å²) in [5.41, 5.74) is 1.33. The third-order valence-electron chi connectivity index (χ3n) is 5.46. The zero-order valence-electron chi connectivity index (χ0n) is 15.3. The third-order valence-corrected chi connectivity index (χ3v) is 5.46. The van der Waals surface area contributed by atoms with Crippen LogP contribution in [-0.2, 0) is 11.2 Å². The first-order chi connectivity index (χ1) is 12.2. The first-order valence-corrected chi connectivity index (χ1v) is 9.56. The molecule has 0 aliphatic carbocycles. The lowest BCUT2D eigenvalue weighted by Gasteiger charge is -2.48. The lowest BCUT2D eigenvalue weighted by molar-refractivity contribution is -0.139. The van der Waals surface area contributed by atoms with Gasteiger partial charge in [-0.05, 0) is 37.9 Å². The predicted molar refractivity (Wildman–Crippen MR) is 99.9 cm³/mol. The van der Waals surface area contributed by atoms with Crippen LogP contribution in [0, 0.1) is 17.3 Å². The standard InChI is InChI=1S/C21H29N3O/c1-2-3-6-14-23-15-7-11-21(17-23)12-9-20(25)24(18-21)16-10-19-8-4-5-13-22-19/h4-5,8,13H,2,7,9-12,14-18H2,1H3/t21-/m1/s1. The molecular formula is C21H29N3O. The smallest absolute Gasteiger partial charge is 0.222 e. The van der Waals surface area contributed by atoms with Crippen molar-refractivity contribution in [1.29, 1.82) is 0 Å². The van der Waals surface area contributed by atoms with Crippen molar-refractivity contribution in [2.24, 2.45) is 5.41 Å².